The lowest BCUT2D eigenvalue weighted by molar-refractivity contribution is -0.141. The van der Waals surface area contributed by atoms with E-state index in [0.717, 1.165) is 23.5 Å². The van der Waals surface area contributed by atoms with Crippen molar-refractivity contribution in [1.82, 2.24) is 4.98 Å². The summed E-state index contributed by atoms with van der Waals surface area (Å²) in [5, 5.41) is 0. The lowest BCUT2D eigenvalue weighted by Crippen LogP contribution is -2.15. The highest BCUT2D eigenvalue weighted by Crippen LogP contribution is 2.34. The SMILES string of the molecule is Cc1cccc(N(C)c2cc(C(F)(F)F)ncc2N)c1. The summed E-state index contributed by atoms with van der Waals surface area (Å²) in [6.07, 6.45) is -3.46. The Labute approximate surface area is 114 Å². The van der Waals surface area contributed by atoms with Crippen LogP contribution in [-0.4, -0.2) is 12.0 Å². The highest BCUT2D eigenvalue weighted by atomic mass is 19.4. The van der Waals surface area contributed by atoms with Crippen molar-refractivity contribution in [2.75, 3.05) is 17.7 Å². The molecule has 6 heteroatoms. The molecule has 0 atom stereocenters. The van der Waals surface area contributed by atoms with Gasteiger partial charge in [-0.1, -0.05) is 12.1 Å². The van der Waals surface area contributed by atoms with Gasteiger partial charge in [-0.05, 0) is 30.7 Å². The molecule has 3 nitrogen and oxygen atoms in total. The van der Waals surface area contributed by atoms with Crippen molar-refractivity contribution >= 4 is 17.1 Å². The molecule has 0 saturated carbocycles. The van der Waals surface area contributed by atoms with E-state index < -0.39 is 11.9 Å². The fraction of sp³-hybridized carbons (Fsp3) is 0.214. The number of hydrogen-bond donors (Lipinski definition) is 1. The number of alkyl halides is 3. The molecule has 1 aromatic heterocycles. The van der Waals surface area contributed by atoms with Gasteiger partial charge in [-0.15, -0.1) is 0 Å². The van der Waals surface area contributed by atoms with E-state index in [1.54, 1.807) is 18.0 Å². The summed E-state index contributed by atoms with van der Waals surface area (Å²) in [4.78, 5) is 4.94. The molecule has 0 radical (unpaired) electrons. The largest absolute Gasteiger partial charge is 0.433 e. The Kier molecular flexibility index (Phi) is 3.57. The molecule has 2 rings (SSSR count). The van der Waals surface area contributed by atoms with Gasteiger partial charge in [0, 0.05) is 12.7 Å². The highest BCUT2D eigenvalue weighted by Gasteiger charge is 2.33. The zero-order valence-corrected chi connectivity index (χ0v) is 11.1. The molecular weight excluding hydrogens is 267 g/mol. The molecule has 0 unspecified atom stereocenters. The molecule has 0 aliphatic rings. The smallest absolute Gasteiger partial charge is 0.396 e. The number of nitrogens with two attached hydrogens (primary N) is 1. The minimum atomic E-state index is -4.49. The maximum absolute atomic E-state index is 12.7. The molecule has 0 saturated heterocycles. The Bertz CT molecular complexity index is 623. The molecule has 1 aromatic carbocycles. The summed E-state index contributed by atoms with van der Waals surface area (Å²) < 4.78 is 38.1. The van der Waals surface area contributed by atoms with Crippen molar-refractivity contribution in [1.29, 1.82) is 0 Å². The van der Waals surface area contributed by atoms with E-state index in [9.17, 15) is 13.2 Å². The summed E-state index contributed by atoms with van der Waals surface area (Å²) in [5.74, 6) is 0. The van der Waals surface area contributed by atoms with Gasteiger partial charge in [0.05, 0.1) is 17.6 Å². The van der Waals surface area contributed by atoms with Gasteiger partial charge in [0.15, 0.2) is 0 Å². The van der Waals surface area contributed by atoms with E-state index in [4.69, 9.17) is 5.73 Å². The number of hydrogen-bond acceptors (Lipinski definition) is 3. The second kappa shape index (κ2) is 5.03. The third-order valence-electron chi connectivity index (χ3n) is 2.95. The summed E-state index contributed by atoms with van der Waals surface area (Å²) in [5.41, 5.74) is 7.02. The molecule has 20 heavy (non-hydrogen) atoms. The standard InChI is InChI=1S/C14H14F3N3/c1-9-4-3-5-10(6-9)20(2)12-7-13(14(15,16)17)19-8-11(12)18/h3-8H,18H2,1-2H3. The zero-order valence-electron chi connectivity index (χ0n) is 11.1. The fourth-order valence-electron chi connectivity index (χ4n) is 1.88. The molecule has 2 aromatic rings. The summed E-state index contributed by atoms with van der Waals surface area (Å²) in [6.45, 7) is 1.91. The third-order valence-corrected chi connectivity index (χ3v) is 2.95. The number of aryl methyl sites for hydroxylation is 1. The average molecular weight is 281 g/mol. The van der Waals surface area contributed by atoms with Gasteiger partial charge in [0.2, 0.25) is 0 Å². The topological polar surface area (TPSA) is 42.2 Å². The molecule has 0 bridgehead atoms. The lowest BCUT2D eigenvalue weighted by atomic mass is 10.2. The number of anilines is 3. The van der Waals surface area contributed by atoms with Crippen molar-refractivity contribution in [3.8, 4) is 0 Å². The number of nitrogen functional groups attached to an aromatic ring is 1. The van der Waals surface area contributed by atoms with Gasteiger partial charge in [0.25, 0.3) is 0 Å². The molecule has 1 heterocycles. The van der Waals surface area contributed by atoms with E-state index in [1.165, 1.54) is 0 Å². The number of pyridine rings is 1. The number of halogens is 3. The van der Waals surface area contributed by atoms with Gasteiger partial charge >= 0.3 is 6.18 Å². The Morgan fingerprint density at radius 2 is 1.90 bits per heavy atom. The van der Waals surface area contributed by atoms with E-state index in [0.29, 0.717) is 0 Å². The Morgan fingerprint density at radius 1 is 1.20 bits per heavy atom. The molecule has 0 fully saturated rings. The second-order valence-electron chi connectivity index (χ2n) is 4.52. The quantitative estimate of drug-likeness (QED) is 0.911. The number of aromatic nitrogens is 1. The van der Waals surface area contributed by atoms with Crippen LogP contribution in [0.25, 0.3) is 0 Å². The minimum absolute atomic E-state index is 0.196. The minimum Gasteiger partial charge on any atom is -0.396 e. The van der Waals surface area contributed by atoms with Crippen LogP contribution in [0.2, 0.25) is 0 Å². The highest BCUT2D eigenvalue weighted by molar-refractivity contribution is 5.74. The first-order chi connectivity index (χ1) is 9.29. The van der Waals surface area contributed by atoms with E-state index in [2.05, 4.69) is 4.98 Å². The number of nitrogens with zero attached hydrogens (tertiary/aromatic N) is 2. The summed E-state index contributed by atoms with van der Waals surface area (Å²) in [6, 6.07) is 8.38. The predicted octanol–water partition coefficient (Wildman–Crippen LogP) is 3.76. The first kappa shape index (κ1) is 14.2. The van der Waals surface area contributed by atoms with Crippen molar-refractivity contribution in [3.05, 3.63) is 47.8 Å². The maximum Gasteiger partial charge on any atom is 0.433 e. The average Bonchev–Trinajstić information content (AvgIpc) is 2.37. The maximum atomic E-state index is 12.7. The Balaban J connectivity index is 2.46. The van der Waals surface area contributed by atoms with Crippen LogP contribution in [0.15, 0.2) is 36.5 Å². The number of benzene rings is 1. The van der Waals surface area contributed by atoms with Crippen LogP contribution in [0.1, 0.15) is 11.3 Å². The van der Waals surface area contributed by atoms with Gasteiger partial charge in [0.1, 0.15) is 5.69 Å². The Hall–Kier alpha value is -2.24. The molecule has 0 aliphatic carbocycles. The molecular formula is C14H14F3N3. The third kappa shape index (κ3) is 2.84. The van der Waals surface area contributed by atoms with Crippen molar-refractivity contribution < 1.29 is 13.2 Å². The summed E-state index contributed by atoms with van der Waals surface area (Å²) >= 11 is 0. The van der Waals surface area contributed by atoms with Crippen LogP contribution in [0.3, 0.4) is 0 Å². The predicted molar refractivity (Wildman–Crippen MR) is 72.9 cm³/mol. The van der Waals surface area contributed by atoms with Crippen molar-refractivity contribution in [3.63, 3.8) is 0 Å². The van der Waals surface area contributed by atoms with Crippen LogP contribution in [-0.2, 0) is 6.18 Å². The van der Waals surface area contributed by atoms with E-state index in [1.807, 2.05) is 25.1 Å². The van der Waals surface area contributed by atoms with Crippen molar-refractivity contribution in [2.24, 2.45) is 0 Å². The zero-order chi connectivity index (χ0) is 14.9. The second-order valence-corrected chi connectivity index (χ2v) is 4.52. The number of rotatable bonds is 2. The molecule has 0 spiro atoms. The van der Waals surface area contributed by atoms with E-state index in [-0.39, 0.29) is 11.4 Å². The molecule has 106 valence electrons. The van der Waals surface area contributed by atoms with Crippen molar-refractivity contribution in [2.45, 2.75) is 13.1 Å². The van der Waals surface area contributed by atoms with Crippen LogP contribution in [0, 0.1) is 6.92 Å². The first-order valence-electron chi connectivity index (χ1n) is 5.92. The Morgan fingerprint density at radius 3 is 2.50 bits per heavy atom. The van der Waals surface area contributed by atoms with Crippen LogP contribution >= 0.6 is 0 Å². The lowest BCUT2D eigenvalue weighted by Gasteiger charge is -2.22. The summed E-state index contributed by atoms with van der Waals surface area (Å²) in [7, 11) is 1.67. The van der Waals surface area contributed by atoms with Crippen LogP contribution in [0.5, 0.6) is 0 Å². The van der Waals surface area contributed by atoms with Gasteiger partial charge < -0.3 is 10.6 Å². The fourth-order valence-corrected chi connectivity index (χ4v) is 1.88. The van der Waals surface area contributed by atoms with Crippen LogP contribution in [0.4, 0.5) is 30.2 Å². The molecule has 0 aliphatic heterocycles. The van der Waals surface area contributed by atoms with Gasteiger partial charge in [-0.2, -0.15) is 13.2 Å². The normalized spacial score (nSPS) is 11.4. The first-order valence-corrected chi connectivity index (χ1v) is 5.92. The molecule has 0 amide bonds. The van der Waals surface area contributed by atoms with Gasteiger partial charge in [-0.25, -0.2) is 4.98 Å². The van der Waals surface area contributed by atoms with E-state index >= 15 is 0 Å². The monoisotopic (exact) mass is 281 g/mol. The van der Waals surface area contributed by atoms with Crippen LogP contribution < -0.4 is 10.6 Å². The molecule has 2 N–H and O–H groups in total. The van der Waals surface area contributed by atoms with Gasteiger partial charge in [-0.3, -0.25) is 0 Å².